The first kappa shape index (κ1) is 21.1. The van der Waals surface area contributed by atoms with Gasteiger partial charge in [-0.05, 0) is 49.1 Å². The zero-order valence-electron chi connectivity index (χ0n) is 14.1. The van der Waals surface area contributed by atoms with E-state index in [0.29, 0.717) is 0 Å². The number of thioether (sulfide) groups is 1. The van der Waals surface area contributed by atoms with Gasteiger partial charge in [-0.3, -0.25) is 0 Å². The number of allylic oxidation sites excluding steroid dienone is 1. The van der Waals surface area contributed by atoms with Crippen LogP contribution in [0.4, 0.5) is 0 Å². The Morgan fingerprint density at radius 3 is 2.64 bits per heavy atom. The van der Waals surface area contributed by atoms with Crippen LogP contribution in [0.2, 0.25) is 0 Å². The summed E-state index contributed by atoms with van der Waals surface area (Å²) in [5.41, 5.74) is 2.85. The molecule has 0 unspecified atom stereocenters. The van der Waals surface area contributed by atoms with E-state index in [2.05, 4.69) is 31.5 Å². The Morgan fingerprint density at radius 2 is 1.91 bits per heavy atom. The topological polar surface area (TPSA) is 9.23 Å². The average Bonchev–Trinajstić information content (AvgIpc) is 2.45. The van der Waals surface area contributed by atoms with Crippen molar-refractivity contribution in [2.24, 2.45) is 0 Å². The van der Waals surface area contributed by atoms with E-state index in [4.69, 9.17) is 4.74 Å². The zero-order chi connectivity index (χ0) is 14.2. The molecular weight excluding hydrogens is 288 g/mol. The average molecular weight is 318 g/mol. The number of ether oxygens (including phenoxy) is 1. The molecule has 1 aliphatic rings. The Kier molecular flexibility index (Phi) is 11.2. The largest absolute Gasteiger partial charge is 0.497 e. The second-order valence-corrected chi connectivity index (χ2v) is 6.45. The summed E-state index contributed by atoms with van der Waals surface area (Å²) in [6.07, 6.45) is 10.3. The van der Waals surface area contributed by atoms with Gasteiger partial charge in [0.1, 0.15) is 5.75 Å². The Balaban J connectivity index is 0.00000220. The summed E-state index contributed by atoms with van der Waals surface area (Å²) in [6, 6.07) is 8.48. The fraction of sp³-hybridized carbons (Fsp3) is 0.450. The van der Waals surface area contributed by atoms with Crippen molar-refractivity contribution in [2.45, 2.75) is 45.4 Å². The molecule has 1 aliphatic carbocycles. The first-order valence-corrected chi connectivity index (χ1v) is 8.67. The van der Waals surface area contributed by atoms with Crippen molar-refractivity contribution in [2.75, 3.05) is 12.9 Å². The van der Waals surface area contributed by atoms with Gasteiger partial charge in [0.15, 0.2) is 0 Å². The Bertz CT molecular complexity index is 441. The second kappa shape index (κ2) is 11.6. The van der Waals surface area contributed by atoms with Crippen molar-refractivity contribution >= 4 is 16.7 Å². The SMILES string of the molecule is CCSC(=C1[CH]CCCCCC1)c1cccc(OC)c1.[CH2].[CH2]. The molecule has 0 heterocycles. The van der Waals surface area contributed by atoms with Gasteiger partial charge in [-0.25, -0.2) is 0 Å². The molecule has 1 fully saturated rings. The molecule has 0 atom stereocenters. The van der Waals surface area contributed by atoms with Crippen LogP contribution in [-0.2, 0) is 0 Å². The Hall–Kier alpha value is -0.890. The number of methoxy groups -OCH3 is 1. The summed E-state index contributed by atoms with van der Waals surface area (Å²) < 4.78 is 5.37. The van der Waals surface area contributed by atoms with Crippen molar-refractivity contribution in [1.29, 1.82) is 0 Å². The van der Waals surface area contributed by atoms with Crippen molar-refractivity contribution in [3.05, 3.63) is 56.7 Å². The molecule has 0 N–H and O–H groups in total. The molecule has 121 valence electrons. The normalized spacial score (nSPS) is 17.4. The molecule has 0 aromatic heterocycles. The van der Waals surface area contributed by atoms with E-state index in [1.807, 2.05) is 17.8 Å². The monoisotopic (exact) mass is 317 g/mol. The molecule has 0 amide bonds. The van der Waals surface area contributed by atoms with E-state index in [0.717, 1.165) is 11.5 Å². The third-order valence-corrected chi connectivity index (χ3v) is 4.78. The fourth-order valence-electron chi connectivity index (χ4n) is 2.67. The van der Waals surface area contributed by atoms with Gasteiger partial charge in [-0.2, -0.15) is 0 Å². The van der Waals surface area contributed by atoms with Crippen molar-refractivity contribution in [3.63, 3.8) is 0 Å². The van der Waals surface area contributed by atoms with Crippen LogP contribution in [-0.4, -0.2) is 12.9 Å². The predicted octanol–water partition coefficient (Wildman–Crippen LogP) is 6.37. The number of hydrogen-bond donors (Lipinski definition) is 0. The molecule has 5 radical (unpaired) electrons. The first-order chi connectivity index (χ1) is 9.85. The van der Waals surface area contributed by atoms with Gasteiger partial charge in [0, 0.05) is 4.91 Å². The quantitative estimate of drug-likeness (QED) is 0.638. The highest BCUT2D eigenvalue weighted by atomic mass is 32.2. The molecule has 0 saturated heterocycles. The maximum Gasteiger partial charge on any atom is 0.119 e. The Morgan fingerprint density at radius 1 is 1.14 bits per heavy atom. The second-order valence-electron chi connectivity index (χ2n) is 5.18. The summed E-state index contributed by atoms with van der Waals surface area (Å²) in [7, 11) is 1.74. The van der Waals surface area contributed by atoms with E-state index in [-0.39, 0.29) is 14.9 Å². The zero-order valence-corrected chi connectivity index (χ0v) is 14.9. The number of hydrogen-bond acceptors (Lipinski definition) is 2. The summed E-state index contributed by atoms with van der Waals surface area (Å²) in [5, 5.41) is 0. The lowest BCUT2D eigenvalue weighted by atomic mass is 9.94. The molecule has 0 aliphatic heterocycles. The Labute approximate surface area is 142 Å². The van der Waals surface area contributed by atoms with Crippen LogP contribution in [0.5, 0.6) is 5.75 Å². The number of benzene rings is 1. The summed E-state index contributed by atoms with van der Waals surface area (Å²) in [6.45, 7) is 2.23. The van der Waals surface area contributed by atoms with Gasteiger partial charge >= 0.3 is 0 Å². The van der Waals surface area contributed by atoms with Gasteiger partial charge in [0.25, 0.3) is 0 Å². The fourth-order valence-corrected chi connectivity index (χ4v) is 3.62. The van der Waals surface area contributed by atoms with E-state index >= 15 is 0 Å². The van der Waals surface area contributed by atoms with Crippen LogP contribution >= 0.6 is 11.8 Å². The summed E-state index contributed by atoms with van der Waals surface area (Å²) in [5.74, 6) is 2.06. The van der Waals surface area contributed by atoms with Crippen LogP contribution in [0, 0.1) is 21.3 Å². The summed E-state index contributed by atoms with van der Waals surface area (Å²) >= 11 is 1.96. The van der Waals surface area contributed by atoms with Gasteiger partial charge in [0.05, 0.1) is 7.11 Å². The molecule has 1 aromatic rings. The van der Waals surface area contributed by atoms with Crippen LogP contribution in [0.1, 0.15) is 51.0 Å². The first-order valence-electron chi connectivity index (χ1n) is 7.68. The maximum absolute atomic E-state index is 5.37. The highest BCUT2D eigenvalue weighted by molar-refractivity contribution is 8.08. The molecule has 1 saturated carbocycles. The molecular formula is C20H29OS. The minimum atomic E-state index is 0. The smallest absolute Gasteiger partial charge is 0.119 e. The summed E-state index contributed by atoms with van der Waals surface area (Å²) in [4.78, 5) is 1.45. The van der Waals surface area contributed by atoms with Crippen molar-refractivity contribution < 1.29 is 4.74 Å². The van der Waals surface area contributed by atoms with Gasteiger partial charge in [0.2, 0.25) is 0 Å². The molecule has 0 spiro atoms. The van der Waals surface area contributed by atoms with Gasteiger partial charge in [-0.15, -0.1) is 11.8 Å². The van der Waals surface area contributed by atoms with Crippen molar-refractivity contribution in [3.8, 4) is 5.75 Å². The molecule has 2 heteroatoms. The van der Waals surface area contributed by atoms with Gasteiger partial charge < -0.3 is 4.74 Å². The minimum Gasteiger partial charge on any atom is -0.497 e. The van der Waals surface area contributed by atoms with Crippen LogP contribution in [0.25, 0.3) is 4.91 Å². The van der Waals surface area contributed by atoms with E-state index in [1.165, 1.54) is 49.0 Å². The number of rotatable bonds is 4. The molecule has 2 rings (SSSR count). The van der Waals surface area contributed by atoms with Crippen LogP contribution < -0.4 is 4.74 Å². The van der Waals surface area contributed by atoms with Crippen LogP contribution in [0.3, 0.4) is 0 Å². The predicted molar refractivity (Wildman–Crippen MR) is 101 cm³/mol. The third kappa shape index (κ3) is 6.08. The highest BCUT2D eigenvalue weighted by Gasteiger charge is 2.12. The van der Waals surface area contributed by atoms with E-state index in [9.17, 15) is 0 Å². The lowest BCUT2D eigenvalue weighted by Crippen LogP contribution is -1.97. The lowest BCUT2D eigenvalue weighted by molar-refractivity contribution is 0.414. The van der Waals surface area contributed by atoms with E-state index in [1.54, 1.807) is 12.7 Å². The molecule has 1 aromatic carbocycles. The standard InChI is InChI=1S/C18H25OS.2CH2/c1-3-20-18(15-10-7-5-4-6-8-11-15)16-12-9-13-17(14-16)19-2;;/h9-10,12-14H,3-8,11H2,1-2H3;2*1H2. The van der Waals surface area contributed by atoms with Crippen LogP contribution in [0.15, 0.2) is 29.8 Å². The van der Waals surface area contributed by atoms with Crippen molar-refractivity contribution in [1.82, 2.24) is 0 Å². The lowest BCUT2D eigenvalue weighted by Gasteiger charge is -2.18. The minimum absolute atomic E-state index is 0. The molecule has 1 nitrogen and oxygen atoms in total. The molecule has 0 bridgehead atoms. The highest BCUT2D eigenvalue weighted by Crippen LogP contribution is 2.37. The molecule has 22 heavy (non-hydrogen) atoms. The third-order valence-electron chi connectivity index (χ3n) is 3.70. The maximum atomic E-state index is 5.37. The van der Waals surface area contributed by atoms with Gasteiger partial charge in [-0.1, -0.05) is 58.7 Å². The van der Waals surface area contributed by atoms with E-state index < -0.39 is 0 Å².